The third kappa shape index (κ3) is 4.42. The Hall–Kier alpha value is -0.0800. The largest absolute Gasteiger partial charge is 0.377 e. The van der Waals surface area contributed by atoms with Crippen LogP contribution >= 0.6 is 0 Å². The summed E-state index contributed by atoms with van der Waals surface area (Å²) in [6.45, 7) is 12.3. The van der Waals surface area contributed by atoms with Crippen molar-refractivity contribution in [3.63, 3.8) is 0 Å². The molecule has 98 valence electrons. The zero-order valence-electron chi connectivity index (χ0n) is 12.1. The number of ether oxygens (including phenoxy) is 1. The first-order valence-electron chi connectivity index (χ1n) is 6.84. The molecule has 0 aliphatic carbocycles. The standard InChI is InChI=1S/C14H31NO/c1-7-10-12(4)13(15-11-8-2)14(5,9-3)16-6/h12-13,15H,7-11H2,1-6H3. The van der Waals surface area contributed by atoms with E-state index in [2.05, 4.69) is 39.9 Å². The Morgan fingerprint density at radius 2 is 1.81 bits per heavy atom. The summed E-state index contributed by atoms with van der Waals surface area (Å²) in [6.07, 6.45) is 4.74. The summed E-state index contributed by atoms with van der Waals surface area (Å²) in [5, 5.41) is 3.67. The molecular formula is C14H31NO. The fraction of sp³-hybridized carbons (Fsp3) is 1.00. The van der Waals surface area contributed by atoms with E-state index in [1.807, 2.05) is 7.11 Å². The van der Waals surface area contributed by atoms with Crippen LogP contribution in [0.3, 0.4) is 0 Å². The molecule has 0 amide bonds. The number of hydrogen-bond donors (Lipinski definition) is 1. The van der Waals surface area contributed by atoms with E-state index in [0.717, 1.165) is 13.0 Å². The molecule has 0 rings (SSSR count). The molecule has 3 atom stereocenters. The van der Waals surface area contributed by atoms with Gasteiger partial charge >= 0.3 is 0 Å². The predicted octanol–water partition coefficient (Wildman–Crippen LogP) is 3.61. The van der Waals surface area contributed by atoms with Crippen LogP contribution in [-0.2, 0) is 4.74 Å². The highest BCUT2D eigenvalue weighted by molar-refractivity contribution is 4.91. The van der Waals surface area contributed by atoms with Crippen molar-refractivity contribution < 1.29 is 4.74 Å². The topological polar surface area (TPSA) is 21.3 Å². The predicted molar refractivity (Wildman–Crippen MR) is 71.9 cm³/mol. The van der Waals surface area contributed by atoms with Gasteiger partial charge in [-0.25, -0.2) is 0 Å². The van der Waals surface area contributed by atoms with Gasteiger partial charge in [-0.05, 0) is 38.6 Å². The number of methoxy groups -OCH3 is 1. The maximum Gasteiger partial charge on any atom is 0.0802 e. The highest BCUT2D eigenvalue weighted by Crippen LogP contribution is 2.27. The average molecular weight is 229 g/mol. The van der Waals surface area contributed by atoms with E-state index < -0.39 is 0 Å². The van der Waals surface area contributed by atoms with Gasteiger partial charge in [0.15, 0.2) is 0 Å². The summed E-state index contributed by atoms with van der Waals surface area (Å²) in [5.74, 6) is 0.668. The Balaban J connectivity index is 4.62. The molecule has 0 spiro atoms. The van der Waals surface area contributed by atoms with Crippen molar-refractivity contribution in [3.8, 4) is 0 Å². The summed E-state index contributed by atoms with van der Waals surface area (Å²) >= 11 is 0. The van der Waals surface area contributed by atoms with Gasteiger partial charge in [0.05, 0.1) is 5.60 Å². The summed E-state index contributed by atoms with van der Waals surface area (Å²) in [6, 6.07) is 0.461. The van der Waals surface area contributed by atoms with Crippen LogP contribution in [0.5, 0.6) is 0 Å². The van der Waals surface area contributed by atoms with Crippen LogP contribution in [0, 0.1) is 5.92 Å². The molecule has 0 aliphatic rings. The minimum absolute atomic E-state index is 0.0379. The van der Waals surface area contributed by atoms with Crippen molar-refractivity contribution in [1.29, 1.82) is 0 Å². The van der Waals surface area contributed by atoms with Crippen molar-refractivity contribution in [3.05, 3.63) is 0 Å². The fourth-order valence-corrected chi connectivity index (χ4v) is 2.43. The van der Waals surface area contributed by atoms with E-state index in [1.165, 1.54) is 19.3 Å². The van der Waals surface area contributed by atoms with Gasteiger partial charge in [0.25, 0.3) is 0 Å². The molecule has 0 aromatic carbocycles. The molecule has 0 aliphatic heterocycles. The summed E-state index contributed by atoms with van der Waals surface area (Å²) in [7, 11) is 1.84. The van der Waals surface area contributed by atoms with Crippen molar-refractivity contribution in [2.24, 2.45) is 5.92 Å². The molecule has 0 saturated heterocycles. The summed E-state index contributed by atoms with van der Waals surface area (Å²) in [4.78, 5) is 0. The van der Waals surface area contributed by atoms with E-state index >= 15 is 0 Å². The highest BCUT2D eigenvalue weighted by Gasteiger charge is 2.35. The molecule has 0 saturated carbocycles. The second-order valence-corrected chi connectivity index (χ2v) is 5.07. The van der Waals surface area contributed by atoms with Gasteiger partial charge in [-0.3, -0.25) is 0 Å². The average Bonchev–Trinajstić information content (AvgIpc) is 2.29. The molecule has 3 unspecified atom stereocenters. The molecule has 16 heavy (non-hydrogen) atoms. The summed E-state index contributed by atoms with van der Waals surface area (Å²) < 4.78 is 5.75. The zero-order chi connectivity index (χ0) is 12.6. The second-order valence-electron chi connectivity index (χ2n) is 5.07. The number of hydrogen-bond acceptors (Lipinski definition) is 2. The lowest BCUT2D eigenvalue weighted by Gasteiger charge is -2.40. The van der Waals surface area contributed by atoms with Gasteiger partial charge in [-0.2, -0.15) is 0 Å². The molecule has 1 N–H and O–H groups in total. The minimum atomic E-state index is -0.0379. The monoisotopic (exact) mass is 229 g/mol. The fourth-order valence-electron chi connectivity index (χ4n) is 2.43. The Morgan fingerprint density at radius 3 is 2.19 bits per heavy atom. The second kappa shape index (κ2) is 8.08. The van der Waals surface area contributed by atoms with Crippen LogP contribution in [-0.4, -0.2) is 25.3 Å². The van der Waals surface area contributed by atoms with Gasteiger partial charge in [0.2, 0.25) is 0 Å². The Morgan fingerprint density at radius 1 is 1.19 bits per heavy atom. The van der Waals surface area contributed by atoms with E-state index in [4.69, 9.17) is 4.74 Å². The maximum absolute atomic E-state index is 5.75. The van der Waals surface area contributed by atoms with Crippen molar-refractivity contribution in [2.45, 2.75) is 71.9 Å². The Labute approximate surface area is 102 Å². The van der Waals surface area contributed by atoms with E-state index in [1.54, 1.807) is 0 Å². The van der Waals surface area contributed by atoms with Gasteiger partial charge in [-0.1, -0.05) is 34.1 Å². The van der Waals surface area contributed by atoms with Gasteiger partial charge < -0.3 is 10.1 Å². The van der Waals surface area contributed by atoms with Crippen LogP contribution in [0.1, 0.15) is 60.3 Å². The molecule has 2 nitrogen and oxygen atoms in total. The molecular weight excluding hydrogens is 198 g/mol. The van der Waals surface area contributed by atoms with Crippen LogP contribution in [0.4, 0.5) is 0 Å². The highest BCUT2D eigenvalue weighted by atomic mass is 16.5. The van der Waals surface area contributed by atoms with Gasteiger partial charge in [0, 0.05) is 13.2 Å². The molecule has 0 bridgehead atoms. The summed E-state index contributed by atoms with van der Waals surface area (Å²) in [5.41, 5.74) is -0.0379. The number of rotatable bonds is 9. The van der Waals surface area contributed by atoms with Crippen LogP contribution in [0.25, 0.3) is 0 Å². The third-order valence-electron chi connectivity index (χ3n) is 3.75. The molecule has 0 aromatic heterocycles. The van der Waals surface area contributed by atoms with Crippen LogP contribution < -0.4 is 5.32 Å². The van der Waals surface area contributed by atoms with E-state index in [-0.39, 0.29) is 5.60 Å². The molecule has 0 radical (unpaired) electrons. The third-order valence-corrected chi connectivity index (χ3v) is 3.75. The first-order chi connectivity index (χ1) is 7.55. The van der Waals surface area contributed by atoms with E-state index in [0.29, 0.717) is 12.0 Å². The quantitative estimate of drug-likeness (QED) is 0.652. The number of nitrogens with one attached hydrogen (secondary N) is 1. The van der Waals surface area contributed by atoms with Crippen molar-refractivity contribution >= 4 is 0 Å². The SMILES string of the molecule is CCCNC(C(C)CCC)C(C)(CC)OC. The smallest absolute Gasteiger partial charge is 0.0802 e. The molecule has 0 heterocycles. The van der Waals surface area contributed by atoms with E-state index in [9.17, 15) is 0 Å². The Kier molecular flexibility index (Phi) is 8.04. The lowest BCUT2D eigenvalue weighted by atomic mass is 9.82. The first kappa shape index (κ1) is 15.9. The van der Waals surface area contributed by atoms with Crippen molar-refractivity contribution in [1.82, 2.24) is 5.32 Å². The van der Waals surface area contributed by atoms with Gasteiger partial charge in [0.1, 0.15) is 0 Å². The first-order valence-corrected chi connectivity index (χ1v) is 6.84. The minimum Gasteiger partial charge on any atom is -0.377 e. The molecule has 0 aromatic rings. The lowest BCUT2D eigenvalue weighted by molar-refractivity contribution is -0.0443. The van der Waals surface area contributed by atoms with Gasteiger partial charge in [-0.15, -0.1) is 0 Å². The lowest BCUT2D eigenvalue weighted by Crippen LogP contribution is -2.53. The normalized spacial score (nSPS) is 19.1. The molecule has 0 fully saturated rings. The maximum atomic E-state index is 5.75. The Bertz CT molecular complexity index is 166. The van der Waals surface area contributed by atoms with Crippen LogP contribution in [0.2, 0.25) is 0 Å². The molecule has 2 heteroatoms. The zero-order valence-corrected chi connectivity index (χ0v) is 12.1. The van der Waals surface area contributed by atoms with Crippen LogP contribution in [0.15, 0.2) is 0 Å². The van der Waals surface area contributed by atoms with Crippen molar-refractivity contribution in [2.75, 3.05) is 13.7 Å².